The number of carboxylic acid groups (broad SMARTS) is 1. The van der Waals surface area contributed by atoms with E-state index in [9.17, 15) is 19.8 Å². The SMILES string of the molecule is CCOC(=O)CC(O)C(O)c1cc(C(=O)O)ccc1OC. The molecule has 21 heavy (non-hydrogen) atoms. The van der Waals surface area contributed by atoms with Gasteiger partial charge in [-0.15, -0.1) is 0 Å². The van der Waals surface area contributed by atoms with Crippen molar-refractivity contribution in [3.05, 3.63) is 29.3 Å². The average molecular weight is 298 g/mol. The van der Waals surface area contributed by atoms with E-state index in [0.717, 1.165) is 0 Å². The topological polar surface area (TPSA) is 113 Å². The first-order chi connectivity index (χ1) is 9.90. The highest BCUT2D eigenvalue weighted by molar-refractivity contribution is 5.88. The Labute approximate surface area is 121 Å². The molecule has 1 aromatic carbocycles. The summed E-state index contributed by atoms with van der Waals surface area (Å²) in [5.41, 5.74) is 0.0300. The van der Waals surface area contributed by atoms with Crippen LogP contribution in [0.1, 0.15) is 35.4 Å². The molecule has 0 saturated heterocycles. The van der Waals surface area contributed by atoms with Gasteiger partial charge in [-0.2, -0.15) is 0 Å². The lowest BCUT2D eigenvalue weighted by Gasteiger charge is -2.20. The van der Waals surface area contributed by atoms with Crippen LogP contribution in [-0.2, 0) is 9.53 Å². The Morgan fingerprint density at radius 1 is 1.29 bits per heavy atom. The summed E-state index contributed by atoms with van der Waals surface area (Å²) < 4.78 is 9.71. The number of hydrogen-bond acceptors (Lipinski definition) is 6. The monoisotopic (exact) mass is 298 g/mol. The number of aromatic carboxylic acids is 1. The van der Waals surface area contributed by atoms with Crippen molar-refractivity contribution in [2.75, 3.05) is 13.7 Å². The maximum Gasteiger partial charge on any atom is 0.335 e. The molecule has 2 atom stereocenters. The first-order valence-electron chi connectivity index (χ1n) is 6.33. The number of aliphatic hydroxyl groups is 2. The molecule has 0 radical (unpaired) electrons. The second-order valence-electron chi connectivity index (χ2n) is 4.28. The van der Waals surface area contributed by atoms with Gasteiger partial charge in [-0.1, -0.05) is 0 Å². The zero-order valence-corrected chi connectivity index (χ0v) is 11.8. The summed E-state index contributed by atoms with van der Waals surface area (Å²) in [4.78, 5) is 22.2. The molecule has 116 valence electrons. The van der Waals surface area contributed by atoms with Gasteiger partial charge in [0.25, 0.3) is 0 Å². The highest BCUT2D eigenvalue weighted by atomic mass is 16.5. The maximum atomic E-state index is 11.3. The van der Waals surface area contributed by atoms with Crippen molar-refractivity contribution in [2.45, 2.75) is 25.6 Å². The number of carbonyl (C=O) groups excluding carboxylic acids is 1. The van der Waals surface area contributed by atoms with Crippen molar-refractivity contribution in [3.8, 4) is 5.75 Å². The van der Waals surface area contributed by atoms with Gasteiger partial charge in [0, 0.05) is 5.56 Å². The van der Waals surface area contributed by atoms with Crippen LogP contribution in [0.2, 0.25) is 0 Å². The van der Waals surface area contributed by atoms with Gasteiger partial charge in [-0.25, -0.2) is 4.79 Å². The van der Waals surface area contributed by atoms with Crippen molar-refractivity contribution in [1.29, 1.82) is 0 Å². The molecule has 0 saturated carbocycles. The van der Waals surface area contributed by atoms with E-state index in [1.807, 2.05) is 0 Å². The minimum atomic E-state index is -1.47. The van der Waals surface area contributed by atoms with Gasteiger partial charge in [-0.3, -0.25) is 4.79 Å². The Balaban J connectivity index is 2.98. The largest absolute Gasteiger partial charge is 0.496 e. The Morgan fingerprint density at radius 2 is 1.95 bits per heavy atom. The summed E-state index contributed by atoms with van der Waals surface area (Å²) in [5, 5.41) is 28.9. The molecule has 2 unspecified atom stereocenters. The normalized spacial score (nSPS) is 13.3. The molecule has 0 aromatic heterocycles. The summed E-state index contributed by atoms with van der Waals surface area (Å²) >= 11 is 0. The van der Waals surface area contributed by atoms with E-state index < -0.39 is 30.6 Å². The highest BCUT2D eigenvalue weighted by Crippen LogP contribution is 2.29. The third-order valence-corrected chi connectivity index (χ3v) is 2.84. The standard InChI is InChI=1S/C14H18O7/c1-3-21-12(16)7-10(15)13(17)9-6-8(14(18)19)4-5-11(9)20-2/h4-6,10,13,15,17H,3,7H2,1-2H3,(H,18,19). The third-order valence-electron chi connectivity index (χ3n) is 2.84. The minimum absolute atomic E-state index is 0.0619. The van der Waals surface area contributed by atoms with Crippen LogP contribution in [0.4, 0.5) is 0 Å². The van der Waals surface area contributed by atoms with E-state index in [4.69, 9.17) is 9.84 Å². The molecule has 0 spiro atoms. The summed E-state index contributed by atoms with van der Waals surface area (Å²) in [6.07, 6.45) is -3.30. The minimum Gasteiger partial charge on any atom is -0.496 e. The van der Waals surface area contributed by atoms with Gasteiger partial charge in [0.1, 0.15) is 11.9 Å². The molecule has 0 aliphatic heterocycles. The number of benzene rings is 1. The van der Waals surface area contributed by atoms with Crippen molar-refractivity contribution < 1.29 is 34.4 Å². The van der Waals surface area contributed by atoms with Crippen LogP contribution in [0, 0.1) is 0 Å². The quantitative estimate of drug-likeness (QED) is 0.636. The van der Waals surface area contributed by atoms with Crippen LogP contribution < -0.4 is 4.74 Å². The molecule has 0 aliphatic rings. The second kappa shape index (κ2) is 7.61. The molecule has 1 rings (SSSR count). The molecule has 0 fully saturated rings. The smallest absolute Gasteiger partial charge is 0.335 e. The predicted molar refractivity (Wildman–Crippen MR) is 72.2 cm³/mol. The second-order valence-corrected chi connectivity index (χ2v) is 4.28. The fourth-order valence-corrected chi connectivity index (χ4v) is 1.81. The Morgan fingerprint density at radius 3 is 2.48 bits per heavy atom. The van der Waals surface area contributed by atoms with E-state index in [1.54, 1.807) is 6.92 Å². The Hall–Kier alpha value is -2.12. The molecule has 7 heteroatoms. The number of esters is 1. The van der Waals surface area contributed by atoms with E-state index in [1.165, 1.54) is 25.3 Å². The third kappa shape index (κ3) is 4.44. The van der Waals surface area contributed by atoms with Crippen LogP contribution in [0.25, 0.3) is 0 Å². The van der Waals surface area contributed by atoms with Crippen LogP contribution in [0.15, 0.2) is 18.2 Å². The molecule has 1 aromatic rings. The molecular weight excluding hydrogens is 280 g/mol. The van der Waals surface area contributed by atoms with Gasteiger partial charge in [-0.05, 0) is 25.1 Å². The molecule has 0 aliphatic carbocycles. The van der Waals surface area contributed by atoms with Crippen molar-refractivity contribution in [1.82, 2.24) is 0 Å². The molecule has 7 nitrogen and oxygen atoms in total. The number of carboxylic acids is 1. The summed E-state index contributed by atoms with van der Waals surface area (Å²) in [5.74, 6) is -1.61. The summed E-state index contributed by atoms with van der Waals surface area (Å²) in [7, 11) is 1.35. The number of aliphatic hydroxyl groups excluding tert-OH is 2. The molecule has 0 bridgehead atoms. The fraction of sp³-hybridized carbons (Fsp3) is 0.429. The number of rotatable bonds is 7. The van der Waals surface area contributed by atoms with Crippen LogP contribution >= 0.6 is 0 Å². The lowest BCUT2D eigenvalue weighted by Crippen LogP contribution is -2.23. The molecule has 0 amide bonds. The zero-order chi connectivity index (χ0) is 16.0. The van der Waals surface area contributed by atoms with Gasteiger partial charge in [0.05, 0.1) is 31.8 Å². The molecule has 3 N–H and O–H groups in total. The van der Waals surface area contributed by atoms with Crippen molar-refractivity contribution in [2.24, 2.45) is 0 Å². The van der Waals surface area contributed by atoms with E-state index in [0.29, 0.717) is 0 Å². The van der Waals surface area contributed by atoms with Gasteiger partial charge >= 0.3 is 11.9 Å². The van der Waals surface area contributed by atoms with E-state index in [-0.39, 0.29) is 23.5 Å². The number of ether oxygens (including phenoxy) is 2. The number of methoxy groups -OCH3 is 1. The lowest BCUT2D eigenvalue weighted by atomic mass is 9.99. The maximum absolute atomic E-state index is 11.3. The average Bonchev–Trinajstić information content (AvgIpc) is 2.45. The van der Waals surface area contributed by atoms with Crippen molar-refractivity contribution >= 4 is 11.9 Å². The fourth-order valence-electron chi connectivity index (χ4n) is 1.81. The summed E-state index contributed by atoms with van der Waals surface area (Å²) in [6, 6.07) is 3.88. The molecular formula is C14H18O7. The van der Waals surface area contributed by atoms with Gasteiger partial charge in [0.15, 0.2) is 0 Å². The first-order valence-corrected chi connectivity index (χ1v) is 6.33. The van der Waals surface area contributed by atoms with Crippen LogP contribution in [0.3, 0.4) is 0 Å². The van der Waals surface area contributed by atoms with E-state index >= 15 is 0 Å². The van der Waals surface area contributed by atoms with Crippen molar-refractivity contribution in [3.63, 3.8) is 0 Å². The van der Waals surface area contributed by atoms with Gasteiger partial charge < -0.3 is 24.8 Å². The predicted octanol–water partition coefficient (Wildman–Crippen LogP) is 0.741. The van der Waals surface area contributed by atoms with E-state index in [2.05, 4.69) is 4.74 Å². The Kier molecular flexibility index (Phi) is 6.13. The molecule has 0 heterocycles. The lowest BCUT2D eigenvalue weighted by molar-refractivity contribution is -0.147. The van der Waals surface area contributed by atoms with Crippen LogP contribution in [-0.4, -0.2) is 47.1 Å². The summed E-state index contributed by atoms with van der Waals surface area (Å²) in [6.45, 7) is 1.79. The number of hydrogen-bond donors (Lipinski definition) is 3. The number of carbonyl (C=O) groups is 2. The van der Waals surface area contributed by atoms with Gasteiger partial charge in [0.2, 0.25) is 0 Å². The Bertz CT molecular complexity index is 512. The first kappa shape index (κ1) is 16.9. The van der Waals surface area contributed by atoms with Crippen LogP contribution in [0.5, 0.6) is 5.75 Å². The zero-order valence-electron chi connectivity index (χ0n) is 11.8. The highest BCUT2D eigenvalue weighted by Gasteiger charge is 2.25.